The van der Waals surface area contributed by atoms with Crippen molar-refractivity contribution in [3.63, 3.8) is 0 Å². The minimum atomic E-state index is -0.452. The van der Waals surface area contributed by atoms with Crippen LogP contribution in [0.4, 0.5) is 5.69 Å². The van der Waals surface area contributed by atoms with Gasteiger partial charge >= 0.3 is 5.97 Å². The Bertz CT molecular complexity index is 703. The predicted octanol–water partition coefficient (Wildman–Crippen LogP) is 3.68. The number of rotatable bonds is 5. The Morgan fingerprint density at radius 2 is 2.05 bits per heavy atom. The van der Waals surface area contributed by atoms with E-state index in [4.69, 9.17) is 4.74 Å². The first-order chi connectivity index (χ1) is 10.5. The highest BCUT2D eigenvalue weighted by atomic mass is 16.5. The predicted molar refractivity (Wildman–Crippen MR) is 83.5 cm³/mol. The highest BCUT2D eigenvalue weighted by Gasteiger charge is 2.20. The summed E-state index contributed by atoms with van der Waals surface area (Å²) < 4.78 is 6.86. The van der Waals surface area contributed by atoms with Crippen LogP contribution in [0, 0.1) is 0 Å². The number of nitrogens with zero attached hydrogens (tertiary/aromatic N) is 5. The van der Waals surface area contributed by atoms with Gasteiger partial charge in [0.15, 0.2) is 5.65 Å². The summed E-state index contributed by atoms with van der Waals surface area (Å²) in [6, 6.07) is 0.187. The third-order valence-corrected chi connectivity index (χ3v) is 2.97. The number of carbonyl (C=O) groups excluding carboxylic acids is 1. The molecule has 2 aromatic heterocycles. The fourth-order valence-electron chi connectivity index (χ4n) is 2.00. The summed E-state index contributed by atoms with van der Waals surface area (Å²) in [5.74, 6) is -0.452. The Balaban J connectivity index is 2.65. The van der Waals surface area contributed by atoms with Crippen molar-refractivity contribution in [2.45, 2.75) is 46.7 Å². The van der Waals surface area contributed by atoms with Gasteiger partial charge in [-0.1, -0.05) is 0 Å². The highest BCUT2D eigenvalue weighted by molar-refractivity contribution is 6.02. The van der Waals surface area contributed by atoms with E-state index in [1.165, 1.54) is 6.20 Å². The standard InChI is InChI=1S/C15H21N5O2/c1-6-22-15(21)12-7-16-14-11(8-17-20(14)10(4)5)13(12)19-18-9(2)3/h7-10H,6H2,1-5H3. The lowest BCUT2D eigenvalue weighted by atomic mass is 10.2. The van der Waals surface area contributed by atoms with Gasteiger partial charge in [-0.15, -0.1) is 0 Å². The van der Waals surface area contributed by atoms with Gasteiger partial charge in [0.25, 0.3) is 0 Å². The molecule has 2 aromatic rings. The third-order valence-electron chi connectivity index (χ3n) is 2.97. The molecule has 22 heavy (non-hydrogen) atoms. The number of pyridine rings is 1. The zero-order chi connectivity index (χ0) is 16.3. The van der Waals surface area contributed by atoms with Crippen molar-refractivity contribution < 1.29 is 9.53 Å². The van der Waals surface area contributed by atoms with Crippen LogP contribution in [-0.2, 0) is 4.74 Å². The summed E-state index contributed by atoms with van der Waals surface area (Å²) in [5, 5.41) is 13.4. The molecular weight excluding hydrogens is 282 g/mol. The largest absolute Gasteiger partial charge is 0.462 e. The lowest BCUT2D eigenvalue weighted by Gasteiger charge is -2.08. The Morgan fingerprint density at radius 1 is 1.32 bits per heavy atom. The Hall–Kier alpha value is -2.31. The number of hydrogen-bond donors (Lipinski definition) is 0. The normalized spacial score (nSPS) is 12.0. The summed E-state index contributed by atoms with van der Waals surface area (Å²) >= 11 is 0. The number of hydrogen-bond acceptors (Lipinski definition) is 6. The minimum absolute atomic E-state index is 0.0263. The van der Waals surface area contributed by atoms with Crippen LogP contribution in [0.15, 0.2) is 22.6 Å². The van der Waals surface area contributed by atoms with Crippen molar-refractivity contribution >= 4 is 22.7 Å². The van der Waals surface area contributed by atoms with E-state index in [2.05, 4.69) is 20.3 Å². The molecule has 0 fully saturated rings. The maximum absolute atomic E-state index is 12.1. The first-order valence-electron chi connectivity index (χ1n) is 7.39. The molecule has 0 aliphatic rings. The van der Waals surface area contributed by atoms with Gasteiger partial charge < -0.3 is 4.74 Å². The number of fused-ring (bicyclic) bond motifs is 1. The van der Waals surface area contributed by atoms with Crippen LogP contribution in [0.3, 0.4) is 0 Å². The zero-order valence-corrected chi connectivity index (χ0v) is 13.6. The number of ether oxygens (including phenoxy) is 1. The molecule has 0 aliphatic carbocycles. The molecule has 0 unspecified atom stereocenters. The van der Waals surface area contributed by atoms with Gasteiger partial charge in [-0.3, -0.25) is 0 Å². The Kier molecular flexibility index (Phi) is 4.85. The maximum Gasteiger partial charge on any atom is 0.342 e. The summed E-state index contributed by atoms with van der Waals surface area (Å²) in [7, 11) is 0. The molecule has 0 N–H and O–H groups in total. The molecule has 0 atom stereocenters. The summed E-state index contributed by atoms with van der Waals surface area (Å²) in [6.45, 7) is 9.93. The molecule has 0 bridgehead atoms. The SMILES string of the molecule is CCOC(=O)c1cnc2c(cnn2C(C)C)c1N=NC(C)C. The molecule has 0 amide bonds. The smallest absolute Gasteiger partial charge is 0.342 e. The zero-order valence-electron chi connectivity index (χ0n) is 13.6. The average molecular weight is 303 g/mol. The van der Waals surface area contributed by atoms with Crippen LogP contribution < -0.4 is 0 Å². The fraction of sp³-hybridized carbons (Fsp3) is 0.533. The molecule has 0 saturated carbocycles. The molecule has 2 heterocycles. The van der Waals surface area contributed by atoms with Gasteiger partial charge in [0.2, 0.25) is 0 Å². The van der Waals surface area contributed by atoms with E-state index in [1.54, 1.807) is 17.8 Å². The van der Waals surface area contributed by atoms with Crippen LogP contribution >= 0.6 is 0 Å². The first kappa shape index (κ1) is 16.1. The van der Waals surface area contributed by atoms with Crippen molar-refractivity contribution in [2.75, 3.05) is 6.61 Å². The molecule has 0 aromatic carbocycles. The van der Waals surface area contributed by atoms with Crippen molar-refractivity contribution in [3.05, 3.63) is 18.0 Å². The second-order valence-corrected chi connectivity index (χ2v) is 5.47. The Morgan fingerprint density at radius 3 is 2.64 bits per heavy atom. The highest BCUT2D eigenvalue weighted by Crippen LogP contribution is 2.30. The summed E-state index contributed by atoms with van der Waals surface area (Å²) in [4.78, 5) is 16.5. The van der Waals surface area contributed by atoms with E-state index in [0.29, 0.717) is 28.9 Å². The van der Waals surface area contributed by atoms with Crippen LogP contribution in [0.25, 0.3) is 11.0 Å². The fourth-order valence-corrected chi connectivity index (χ4v) is 2.00. The number of aromatic nitrogens is 3. The van der Waals surface area contributed by atoms with Crippen LogP contribution in [0.1, 0.15) is 51.0 Å². The van der Waals surface area contributed by atoms with Gasteiger partial charge in [0.05, 0.1) is 24.2 Å². The third kappa shape index (κ3) is 3.13. The van der Waals surface area contributed by atoms with Crippen LogP contribution in [0.5, 0.6) is 0 Å². The van der Waals surface area contributed by atoms with E-state index in [-0.39, 0.29) is 12.1 Å². The molecule has 7 nitrogen and oxygen atoms in total. The van der Waals surface area contributed by atoms with Gasteiger partial charge in [-0.2, -0.15) is 15.3 Å². The van der Waals surface area contributed by atoms with Gasteiger partial charge in [-0.25, -0.2) is 14.5 Å². The van der Waals surface area contributed by atoms with E-state index in [1.807, 2.05) is 27.7 Å². The molecule has 0 saturated heterocycles. The van der Waals surface area contributed by atoms with E-state index < -0.39 is 5.97 Å². The van der Waals surface area contributed by atoms with E-state index in [0.717, 1.165) is 0 Å². The van der Waals surface area contributed by atoms with Crippen LogP contribution in [0.2, 0.25) is 0 Å². The van der Waals surface area contributed by atoms with Crippen molar-refractivity contribution in [3.8, 4) is 0 Å². The number of azo groups is 1. The molecule has 7 heteroatoms. The second-order valence-electron chi connectivity index (χ2n) is 5.47. The van der Waals surface area contributed by atoms with E-state index >= 15 is 0 Å². The average Bonchev–Trinajstić information content (AvgIpc) is 2.88. The molecule has 0 aliphatic heterocycles. The monoisotopic (exact) mass is 303 g/mol. The van der Waals surface area contributed by atoms with Crippen molar-refractivity contribution in [2.24, 2.45) is 10.2 Å². The number of esters is 1. The van der Waals surface area contributed by atoms with Gasteiger partial charge in [0, 0.05) is 12.2 Å². The van der Waals surface area contributed by atoms with Gasteiger partial charge in [0.1, 0.15) is 11.3 Å². The molecule has 118 valence electrons. The quantitative estimate of drug-likeness (QED) is 0.623. The maximum atomic E-state index is 12.1. The number of carbonyl (C=O) groups is 1. The van der Waals surface area contributed by atoms with Gasteiger partial charge in [-0.05, 0) is 34.6 Å². The second kappa shape index (κ2) is 6.64. The van der Waals surface area contributed by atoms with Crippen LogP contribution in [-0.4, -0.2) is 33.4 Å². The van der Waals surface area contributed by atoms with Crippen molar-refractivity contribution in [1.82, 2.24) is 14.8 Å². The lowest BCUT2D eigenvalue weighted by molar-refractivity contribution is 0.0527. The van der Waals surface area contributed by atoms with E-state index in [9.17, 15) is 4.79 Å². The Labute approximate surface area is 129 Å². The first-order valence-corrected chi connectivity index (χ1v) is 7.39. The molecule has 0 spiro atoms. The lowest BCUT2D eigenvalue weighted by Crippen LogP contribution is -2.07. The van der Waals surface area contributed by atoms with Crippen molar-refractivity contribution in [1.29, 1.82) is 0 Å². The summed E-state index contributed by atoms with van der Waals surface area (Å²) in [6.07, 6.45) is 3.15. The minimum Gasteiger partial charge on any atom is -0.462 e. The molecule has 2 rings (SSSR count). The topological polar surface area (TPSA) is 81.7 Å². The molecular formula is C15H21N5O2. The summed E-state index contributed by atoms with van der Waals surface area (Å²) in [5.41, 5.74) is 1.45. The molecule has 0 radical (unpaired) electrons.